The molecule has 0 radical (unpaired) electrons. The molecule has 2 heteroatoms. The van der Waals surface area contributed by atoms with Gasteiger partial charge in [0.2, 0.25) is 0 Å². The minimum absolute atomic E-state index is 0.944. The molecule has 212 valence electrons. The average molecular weight is 601 g/mol. The topological polar surface area (TPSA) is 13.1 Å². The van der Waals surface area contributed by atoms with E-state index in [-0.39, 0.29) is 0 Å². The van der Waals surface area contributed by atoms with Gasteiger partial charge >= 0.3 is 0 Å². The van der Waals surface area contributed by atoms with E-state index in [0.717, 1.165) is 11.2 Å². The first-order valence-corrected chi connectivity index (χ1v) is 16.6. The number of furan rings is 1. The van der Waals surface area contributed by atoms with Crippen LogP contribution in [-0.2, 0) is 0 Å². The molecule has 0 amide bonds. The summed E-state index contributed by atoms with van der Waals surface area (Å²) in [5.41, 5.74) is 7.00. The fourth-order valence-corrected chi connectivity index (χ4v) is 9.26. The zero-order valence-electron chi connectivity index (χ0n) is 24.7. The van der Waals surface area contributed by atoms with Crippen LogP contribution in [0, 0.1) is 0 Å². The molecule has 0 saturated heterocycles. The van der Waals surface area contributed by atoms with Crippen molar-refractivity contribution >= 4 is 96.5 Å². The summed E-state index contributed by atoms with van der Waals surface area (Å²) in [4.78, 5) is 0. The Morgan fingerprint density at radius 1 is 0.348 bits per heavy atom. The third kappa shape index (κ3) is 3.19. The maximum absolute atomic E-state index is 6.35. The van der Waals surface area contributed by atoms with Gasteiger partial charge in [-0.3, -0.25) is 0 Å². The van der Waals surface area contributed by atoms with Gasteiger partial charge in [0.05, 0.1) is 0 Å². The molecule has 0 aliphatic heterocycles. The van der Waals surface area contributed by atoms with Crippen molar-refractivity contribution in [3.05, 3.63) is 146 Å². The Labute approximate surface area is 267 Å². The Bertz CT molecular complexity index is 2970. The van der Waals surface area contributed by atoms with Crippen LogP contribution < -0.4 is 0 Å². The summed E-state index contributed by atoms with van der Waals surface area (Å²) in [5, 5.41) is 15.2. The fourth-order valence-electron chi connectivity index (χ4n) is 8.09. The van der Waals surface area contributed by atoms with Crippen LogP contribution in [-0.4, -0.2) is 0 Å². The van der Waals surface area contributed by atoms with Crippen molar-refractivity contribution in [2.75, 3.05) is 0 Å². The minimum atomic E-state index is 0.944. The molecule has 2 heterocycles. The van der Waals surface area contributed by atoms with Gasteiger partial charge in [0, 0.05) is 30.9 Å². The Balaban J connectivity index is 1.29. The van der Waals surface area contributed by atoms with Crippen molar-refractivity contribution in [2.24, 2.45) is 0 Å². The van der Waals surface area contributed by atoms with Crippen LogP contribution in [0.2, 0.25) is 0 Å². The maximum atomic E-state index is 6.35. The molecular weight excluding hydrogens is 577 g/mol. The number of hydrogen-bond acceptors (Lipinski definition) is 2. The second-order valence-electron chi connectivity index (χ2n) is 12.4. The normalized spacial score (nSPS) is 12.3. The molecule has 0 saturated carbocycles. The van der Waals surface area contributed by atoms with E-state index < -0.39 is 0 Å². The third-order valence-electron chi connectivity index (χ3n) is 10.00. The van der Waals surface area contributed by atoms with Gasteiger partial charge < -0.3 is 4.42 Å². The molecule has 1 nitrogen and oxygen atoms in total. The Morgan fingerprint density at radius 3 is 1.74 bits per heavy atom. The smallest absolute Gasteiger partial charge is 0.136 e. The predicted molar refractivity (Wildman–Crippen MR) is 199 cm³/mol. The molecular formula is C44H24OS. The SMILES string of the molecule is c1ccc2cc3c(cc2c1)sc1cccc(-c2c4ccccc4c(-c4ccc5oc6cccc7ccc4c5c76)c4ccccc24)c13. The van der Waals surface area contributed by atoms with Crippen molar-refractivity contribution in [1.82, 2.24) is 0 Å². The molecule has 0 fully saturated rings. The highest BCUT2D eigenvalue weighted by molar-refractivity contribution is 7.26. The van der Waals surface area contributed by atoms with Crippen molar-refractivity contribution < 1.29 is 4.42 Å². The largest absolute Gasteiger partial charge is 0.456 e. The first-order chi connectivity index (χ1) is 22.8. The molecule has 0 aliphatic carbocycles. The number of hydrogen-bond donors (Lipinski definition) is 0. The first-order valence-electron chi connectivity index (χ1n) is 15.8. The molecule has 0 atom stereocenters. The van der Waals surface area contributed by atoms with E-state index in [1.54, 1.807) is 0 Å². The van der Waals surface area contributed by atoms with E-state index in [4.69, 9.17) is 4.42 Å². The van der Waals surface area contributed by atoms with Crippen molar-refractivity contribution in [3.63, 3.8) is 0 Å². The van der Waals surface area contributed by atoms with Crippen LogP contribution in [0.1, 0.15) is 0 Å². The average Bonchev–Trinajstić information content (AvgIpc) is 3.67. The zero-order valence-corrected chi connectivity index (χ0v) is 25.5. The fraction of sp³-hybridized carbons (Fsp3) is 0. The van der Waals surface area contributed by atoms with Crippen LogP contribution in [0.25, 0.3) is 107 Å². The summed E-state index contributed by atoms with van der Waals surface area (Å²) in [5.74, 6) is 0. The van der Waals surface area contributed by atoms with Crippen molar-refractivity contribution in [1.29, 1.82) is 0 Å². The lowest BCUT2D eigenvalue weighted by atomic mass is 9.83. The van der Waals surface area contributed by atoms with E-state index in [9.17, 15) is 0 Å². The van der Waals surface area contributed by atoms with E-state index in [1.807, 2.05) is 11.3 Å². The zero-order chi connectivity index (χ0) is 29.9. The van der Waals surface area contributed by atoms with Gasteiger partial charge in [0.25, 0.3) is 0 Å². The number of thiophene rings is 1. The summed E-state index contributed by atoms with van der Waals surface area (Å²) in [6, 6.07) is 53.6. The van der Waals surface area contributed by atoms with Crippen LogP contribution in [0.15, 0.2) is 150 Å². The molecule has 0 N–H and O–H groups in total. The molecule has 2 aromatic heterocycles. The van der Waals surface area contributed by atoms with E-state index in [1.165, 1.54) is 96.3 Å². The molecule has 9 aromatic carbocycles. The monoisotopic (exact) mass is 600 g/mol. The molecule has 0 aliphatic rings. The van der Waals surface area contributed by atoms with Gasteiger partial charge in [-0.2, -0.15) is 0 Å². The predicted octanol–water partition coefficient (Wildman–Crippen LogP) is 13.3. The highest BCUT2D eigenvalue weighted by Crippen LogP contribution is 2.50. The van der Waals surface area contributed by atoms with Crippen LogP contribution in [0.5, 0.6) is 0 Å². The molecule has 46 heavy (non-hydrogen) atoms. The maximum Gasteiger partial charge on any atom is 0.136 e. The number of fused-ring (bicyclic) bond motifs is 6. The Morgan fingerprint density at radius 2 is 0.978 bits per heavy atom. The quantitative estimate of drug-likeness (QED) is 0.142. The lowest BCUT2D eigenvalue weighted by molar-refractivity contribution is 0.669. The van der Waals surface area contributed by atoms with Gasteiger partial charge in [-0.15, -0.1) is 11.3 Å². The highest BCUT2D eigenvalue weighted by atomic mass is 32.1. The summed E-state index contributed by atoms with van der Waals surface area (Å²) in [6.45, 7) is 0. The first kappa shape index (κ1) is 24.6. The van der Waals surface area contributed by atoms with Crippen LogP contribution in [0.4, 0.5) is 0 Å². The van der Waals surface area contributed by atoms with Crippen molar-refractivity contribution in [3.8, 4) is 22.3 Å². The van der Waals surface area contributed by atoms with Crippen LogP contribution >= 0.6 is 11.3 Å². The lowest BCUT2D eigenvalue weighted by Crippen LogP contribution is -1.92. The standard InChI is InChI=1S/C44H24OS/c1-2-10-27-24-39-35(23-26(27)9-1)43-34(16-8-18-38(43)46-39)42-30-14-5-3-12-28(30)41(29-13-4-6-15-31(29)42)32-21-22-37-44-33(32)20-19-25-11-7-17-36(45-37)40(25)44/h1-24H. The summed E-state index contributed by atoms with van der Waals surface area (Å²) in [7, 11) is 0. The summed E-state index contributed by atoms with van der Waals surface area (Å²) in [6.07, 6.45) is 0. The Kier molecular flexibility index (Phi) is 4.78. The second-order valence-corrected chi connectivity index (χ2v) is 13.5. The van der Waals surface area contributed by atoms with Crippen LogP contribution in [0.3, 0.4) is 0 Å². The van der Waals surface area contributed by atoms with Gasteiger partial charge in [0.1, 0.15) is 11.2 Å². The van der Waals surface area contributed by atoms with Crippen molar-refractivity contribution in [2.45, 2.75) is 0 Å². The molecule has 0 spiro atoms. The van der Waals surface area contributed by atoms with E-state index in [0.29, 0.717) is 0 Å². The second kappa shape index (κ2) is 8.94. The van der Waals surface area contributed by atoms with Gasteiger partial charge in [-0.05, 0) is 102 Å². The van der Waals surface area contributed by atoms with Gasteiger partial charge in [-0.25, -0.2) is 0 Å². The molecule has 11 rings (SSSR count). The highest BCUT2D eigenvalue weighted by Gasteiger charge is 2.22. The van der Waals surface area contributed by atoms with E-state index >= 15 is 0 Å². The number of benzene rings is 9. The minimum Gasteiger partial charge on any atom is -0.456 e. The summed E-state index contributed by atoms with van der Waals surface area (Å²) >= 11 is 1.89. The number of rotatable bonds is 2. The Hall–Kier alpha value is -5.70. The summed E-state index contributed by atoms with van der Waals surface area (Å²) < 4.78 is 9.01. The molecule has 11 aromatic rings. The van der Waals surface area contributed by atoms with Gasteiger partial charge in [0.15, 0.2) is 0 Å². The van der Waals surface area contributed by atoms with E-state index in [2.05, 4.69) is 146 Å². The third-order valence-corrected chi connectivity index (χ3v) is 11.1. The molecule has 0 bridgehead atoms. The van der Waals surface area contributed by atoms with Gasteiger partial charge in [-0.1, -0.05) is 109 Å². The molecule has 0 unspecified atom stereocenters. The lowest BCUT2D eigenvalue weighted by Gasteiger charge is -2.19.